The fraction of sp³-hybridized carbons (Fsp3) is 0.917. The molecule has 0 aromatic carbocycles. The van der Waals surface area contributed by atoms with Crippen LogP contribution in [0.4, 0.5) is 17.3 Å². The zero-order chi connectivity index (χ0) is 13.1. The molecule has 1 spiro atoms. The maximum absolute atomic E-state index is 12.2. The van der Waals surface area contributed by atoms with E-state index in [1.807, 2.05) is 6.92 Å². The van der Waals surface area contributed by atoms with Gasteiger partial charge in [0.05, 0.1) is 0 Å². The Morgan fingerprint density at radius 2 is 1.21 bits per heavy atom. The summed E-state index contributed by atoms with van der Waals surface area (Å²) in [5, 5.41) is 0. The molecule has 0 bridgehead atoms. The molecule has 4 atom stereocenters. The van der Waals surface area contributed by atoms with Gasteiger partial charge < -0.3 is 17.3 Å². The molecule has 7 heteroatoms. The SMILES string of the molecule is CC(=O)[C]12[CH]3[CH]4[CH]5[CH]1[Fe]45321678[CH]2[CH]1[CH]6[CH]7[CH]28.F[B-](F)(F)F. The average Bonchev–Trinajstić information content (AvgIpc) is 3.22. The molecular formula is C12H12BF4FeO-. The van der Waals surface area contributed by atoms with Gasteiger partial charge in [-0.15, -0.1) is 0 Å². The number of Topliss-reactive ketones (excluding diaryl/α,β-unsaturated/α-hetero) is 1. The van der Waals surface area contributed by atoms with Crippen LogP contribution in [0, 0.1) is 0 Å². The van der Waals surface area contributed by atoms with Gasteiger partial charge in [-0.05, 0) is 0 Å². The molecule has 0 amide bonds. The largest absolute Gasteiger partial charge is 0.673 e. The summed E-state index contributed by atoms with van der Waals surface area (Å²) in [4.78, 5) is 23.9. The zero-order valence-corrected chi connectivity index (χ0v) is 11.2. The van der Waals surface area contributed by atoms with Crippen LogP contribution >= 0.6 is 0 Å². The van der Waals surface area contributed by atoms with Crippen LogP contribution < -0.4 is 0 Å². The molecule has 10 aliphatic heterocycles. The summed E-state index contributed by atoms with van der Waals surface area (Å²) in [7, 11) is -6.00. The van der Waals surface area contributed by atoms with Crippen LogP contribution in [0.15, 0.2) is 0 Å². The Hall–Kier alpha value is -0.0256. The van der Waals surface area contributed by atoms with Crippen molar-refractivity contribution in [1.82, 2.24) is 0 Å². The average molecular weight is 315 g/mol. The number of hydrogen-bond donors (Lipinski definition) is 0. The molecule has 4 unspecified atom stereocenters. The predicted molar refractivity (Wildman–Crippen MR) is 57.3 cm³/mol. The first-order valence-corrected chi connectivity index (χ1v) is 13.4. The summed E-state index contributed by atoms with van der Waals surface area (Å²) in [5.41, 5.74) is 0. The van der Waals surface area contributed by atoms with E-state index in [1.54, 1.807) is 0 Å². The standard InChI is InChI=1S/C7H7O.C5H5.BF4.Fe/c1-6(8)7-4-2-3-5-7;1-2-4-5-3-1;2-1(3,4)5;/h2-5H,1H3;1-5H;;/q;;-1;. The van der Waals surface area contributed by atoms with Gasteiger partial charge in [-0.25, -0.2) is 0 Å². The van der Waals surface area contributed by atoms with E-state index >= 15 is 0 Å². The summed E-state index contributed by atoms with van der Waals surface area (Å²) in [6.07, 6.45) is 0. The second-order valence-electron chi connectivity index (χ2n) is 10.7. The summed E-state index contributed by atoms with van der Waals surface area (Å²) in [6, 6.07) is 0. The van der Waals surface area contributed by atoms with Gasteiger partial charge in [-0.3, -0.25) is 0 Å². The molecule has 106 valence electrons. The molecule has 10 saturated heterocycles. The maximum Gasteiger partial charge on any atom is 0.673 e. The van der Waals surface area contributed by atoms with E-state index in [1.165, 1.54) is 43.3 Å². The van der Waals surface area contributed by atoms with Crippen molar-refractivity contribution in [2.75, 3.05) is 0 Å². The van der Waals surface area contributed by atoms with Crippen LogP contribution in [-0.4, -0.2) is 13.0 Å². The van der Waals surface area contributed by atoms with Crippen LogP contribution in [-0.2, 0) is 11.3 Å². The van der Waals surface area contributed by atoms with Crippen molar-refractivity contribution in [2.45, 2.75) is 54.6 Å². The van der Waals surface area contributed by atoms with Crippen molar-refractivity contribution in [2.24, 2.45) is 0 Å². The van der Waals surface area contributed by atoms with E-state index in [-0.39, 0.29) is 0 Å². The monoisotopic (exact) mass is 315 g/mol. The molecular weight excluding hydrogens is 303 g/mol. The fourth-order valence-corrected chi connectivity index (χ4v) is 91.7. The molecule has 0 aromatic rings. The third-order valence-electron chi connectivity index (χ3n) is 15.2. The van der Waals surface area contributed by atoms with Crippen LogP contribution in [0.3, 0.4) is 0 Å². The quantitative estimate of drug-likeness (QED) is 0.509. The smallest absolute Gasteiger partial charge is 0.418 e. The van der Waals surface area contributed by atoms with Crippen LogP contribution in [0.25, 0.3) is 0 Å². The summed E-state index contributed by atoms with van der Waals surface area (Å²) in [6.45, 7) is -0.952. The van der Waals surface area contributed by atoms with Gasteiger partial charge in [-0.1, -0.05) is 0 Å². The number of rotatable bonds is 1. The van der Waals surface area contributed by atoms with E-state index in [2.05, 4.69) is 0 Å². The topological polar surface area (TPSA) is 17.1 Å². The van der Waals surface area contributed by atoms with E-state index in [9.17, 15) is 22.1 Å². The first kappa shape index (κ1) is 8.43. The number of carbonyl (C=O) groups is 1. The fourth-order valence-electron chi connectivity index (χ4n) is 17.2. The van der Waals surface area contributed by atoms with Crippen LogP contribution in [0.5, 0.6) is 0 Å². The van der Waals surface area contributed by atoms with Crippen molar-refractivity contribution < 1.29 is 28.6 Å². The summed E-state index contributed by atoms with van der Waals surface area (Å²) >= 11 is 0. The van der Waals surface area contributed by atoms with E-state index in [0.29, 0.717) is 4.31 Å². The first-order chi connectivity index (χ1) is 8.49. The van der Waals surface area contributed by atoms with Gasteiger partial charge in [0.2, 0.25) is 0 Å². The van der Waals surface area contributed by atoms with Crippen LogP contribution in [0.1, 0.15) is 6.92 Å². The molecule has 0 saturated carbocycles. The molecule has 10 rings (SSSR count). The van der Waals surface area contributed by atoms with Crippen molar-refractivity contribution in [3.8, 4) is 0 Å². The van der Waals surface area contributed by atoms with E-state index < -0.39 is 13.8 Å². The Bertz CT molecular complexity index is 943. The van der Waals surface area contributed by atoms with E-state index in [4.69, 9.17) is 0 Å². The maximum atomic E-state index is 12.2. The van der Waals surface area contributed by atoms with Gasteiger partial charge in [-0.2, -0.15) is 0 Å². The first-order valence-electron chi connectivity index (χ1n) is 7.08. The Kier molecular flexibility index (Phi) is 0.304. The summed E-state index contributed by atoms with van der Waals surface area (Å²) < 4.78 is 39.6. The van der Waals surface area contributed by atoms with Crippen molar-refractivity contribution >= 4 is 13.0 Å². The molecule has 1 nitrogen and oxygen atoms in total. The second kappa shape index (κ2) is 0.685. The number of fused-ring (bicyclic) bond motifs is 10. The predicted octanol–water partition coefficient (Wildman–Crippen LogP) is 4.63. The number of halogens is 4. The molecule has 0 aromatic heterocycles. The van der Waals surface area contributed by atoms with Gasteiger partial charge in [0, 0.05) is 0 Å². The Balaban J connectivity index is 0.000000132. The third kappa shape index (κ3) is 0.0957. The third-order valence-corrected chi connectivity index (χ3v) is 57.6. The second-order valence-corrected chi connectivity index (χ2v) is 34.3. The Morgan fingerprint density at radius 1 is 0.895 bits per heavy atom. The van der Waals surface area contributed by atoms with Gasteiger partial charge in [0.15, 0.2) is 0 Å². The molecule has 0 radical (unpaired) electrons. The van der Waals surface area contributed by atoms with Crippen molar-refractivity contribution in [3.63, 3.8) is 0 Å². The van der Waals surface area contributed by atoms with Crippen molar-refractivity contribution in [3.05, 3.63) is 0 Å². The summed E-state index contributed by atoms with van der Waals surface area (Å²) in [5.74, 6) is 0.726. The molecule has 19 heavy (non-hydrogen) atoms. The minimum Gasteiger partial charge on any atom is -0.418 e. The molecule has 10 fully saturated rings. The number of hydrogen-bond acceptors (Lipinski definition) is 1. The van der Waals surface area contributed by atoms with Gasteiger partial charge in [0.25, 0.3) is 0 Å². The Labute approximate surface area is 96.4 Å². The zero-order valence-electron chi connectivity index (χ0n) is 10.0. The minimum atomic E-state index is -6.00. The van der Waals surface area contributed by atoms with Crippen LogP contribution in [0.2, 0.25) is 47.7 Å². The van der Waals surface area contributed by atoms with E-state index in [0.717, 1.165) is 5.78 Å². The van der Waals surface area contributed by atoms with Gasteiger partial charge >= 0.3 is 78.9 Å². The molecule has 10 heterocycles. The number of carbonyl (C=O) groups excluding carboxylic acids is 1. The molecule has 0 aliphatic carbocycles. The Morgan fingerprint density at radius 3 is 1.26 bits per heavy atom. The minimum absolute atomic E-state index is 0.555. The normalized spacial score (nSPS) is 108. The number of ketones is 1. The van der Waals surface area contributed by atoms with Crippen molar-refractivity contribution in [1.29, 1.82) is 0 Å². The van der Waals surface area contributed by atoms with Gasteiger partial charge in [0.1, 0.15) is 0 Å². The molecule has 0 N–H and O–H groups in total. The molecule has 10 aliphatic rings.